The lowest BCUT2D eigenvalue weighted by atomic mass is 10.0. The molecule has 0 aromatic rings. The highest BCUT2D eigenvalue weighted by Gasteiger charge is 2.20. The molecule has 8 nitrogen and oxygen atoms in total. The van der Waals surface area contributed by atoms with Gasteiger partial charge in [-0.25, -0.2) is 13.1 Å². The van der Waals surface area contributed by atoms with Crippen molar-refractivity contribution < 1.29 is 13.2 Å². The maximum atomic E-state index is 12.2. The van der Waals surface area contributed by atoms with Gasteiger partial charge >= 0.3 is 0 Å². The first kappa shape index (κ1) is 27.9. The fourth-order valence-electron chi connectivity index (χ4n) is 3.73. The summed E-state index contributed by atoms with van der Waals surface area (Å²) < 4.78 is 32.7. The molecule has 0 saturated carbocycles. The molecule has 178 valence electrons. The molecule has 0 amide bonds. The van der Waals surface area contributed by atoms with E-state index in [-0.39, 0.29) is 42.4 Å². The van der Waals surface area contributed by atoms with Crippen LogP contribution in [0.1, 0.15) is 58.8 Å². The molecule has 1 atom stereocenters. The van der Waals surface area contributed by atoms with Crippen LogP contribution >= 0.6 is 24.0 Å². The predicted molar refractivity (Wildman–Crippen MR) is 134 cm³/mol. The number of piperidine rings is 1. The first-order valence-corrected chi connectivity index (χ1v) is 13.0. The standard InChI is InChI=1S/C20H41N5O3S.HI/c1-3-5-12-25-13-9-18(10-14-25)24-20(21-4-2)22-11-16-29(26,27)23-17-19-8-6-7-15-28-19;/h18-19,23H,3-17H2,1-2H3,(H2,21,22,24);1H. The zero-order valence-corrected chi connectivity index (χ0v) is 21.8. The first-order valence-electron chi connectivity index (χ1n) is 11.4. The summed E-state index contributed by atoms with van der Waals surface area (Å²) >= 11 is 0. The molecule has 10 heteroatoms. The van der Waals surface area contributed by atoms with Crippen molar-refractivity contribution in [2.24, 2.45) is 4.99 Å². The number of hydrogen-bond acceptors (Lipinski definition) is 5. The number of rotatable bonds is 11. The lowest BCUT2D eigenvalue weighted by Gasteiger charge is -2.33. The van der Waals surface area contributed by atoms with Crippen molar-refractivity contribution in [3.8, 4) is 0 Å². The van der Waals surface area contributed by atoms with Crippen LogP contribution in [0.2, 0.25) is 0 Å². The smallest absolute Gasteiger partial charge is 0.213 e. The largest absolute Gasteiger partial charge is 0.377 e. The monoisotopic (exact) mass is 559 g/mol. The van der Waals surface area contributed by atoms with Crippen LogP contribution in [0, 0.1) is 0 Å². The minimum Gasteiger partial charge on any atom is -0.377 e. The molecule has 0 aromatic heterocycles. The second-order valence-electron chi connectivity index (χ2n) is 8.03. The average Bonchev–Trinajstić information content (AvgIpc) is 2.73. The Bertz CT molecular complexity index is 577. The Morgan fingerprint density at radius 3 is 2.57 bits per heavy atom. The fraction of sp³-hybridized carbons (Fsp3) is 0.950. The van der Waals surface area contributed by atoms with Gasteiger partial charge in [0.15, 0.2) is 5.96 Å². The van der Waals surface area contributed by atoms with Crippen molar-refractivity contribution in [2.45, 2.75) is 70.9 Å². The van der Waals surface area contributed by atoms with Crippen molar-refractivity contribution in [1.82, 2.24) is 20.3 Å². The van der Waals surface area contributed by atoms with Gasteiger partial charge in [-0.1, -0.05) is 13.3 Å². The predicted octanol–water partition coefficient (Wildman–Crippen LogP) is 1.91. The molecule has 0 aromatic carbocycles. The van der Waals surface area contributed by atoms with Crippen molar-refractivity contribution in [2.75, 3.05) is 51.6 Å². The lowest BCUT2D eigenvalue weighted by molar-refractivity contribution is 0.0200. The van der Waals surface area contributed by atoms with Gasteiger partial charge in [0, 0.05) is 38.8 Å². The summed E-state index contributed by atoms with van der Waals surface area (Å²) in [5.74, 6) is 0.705. The molecule has 30 heavy (non-hydrogen) atoms. The number of ether oxygens (including phenoxy) is 1. The molecule has 0 spiro atoms. The molecule has 3 N–H and O–H groups in total. The number of hydrogen-bond donors (Lipinski definition) is 3. The van der Waals surface area contributed by atoms with E-state index < -0.39 is 10.0 Å². The number of sulfonamides is 1. The summed E-state index contributed by atoms with van der Waals surface area (Å²) in [6.07, 6.45) is 7.78. The zero-order valence-electron chi connectivity index (χ0n) is 18.7. The molecule has 0 aliphatic carbocycles. The van der Waals surface area contributed by atoms with Crippen LogP contribution in [0.15, 0.2) is 4.99 Å². The number of guanidine groups is 1. The Labute approximate surface area is 200 Å². The van der Waals surface area contributed by atoms with Crippen molar-refractivity contribution in [3.05, 3.63) is 0 Å². The third kappa shape index (κ3) is 11.4. The number of nitrogens with one attached hydrogen (secondary N) is 3. The van der Waals surface area contributed by atoms with Crippen LogP contribution in [0.25, 0.3) is 0 Å². The summed E-state index contributed by atoms with van der Waals surface area (Å²) in [4.78, 5) is 7.01. The minimum atomic E-state index is -3.34. The van der Waals surface area contributed by atoms with Crippen molar-refractivity contribution in [3.63, 3.8) is 0 Å². The van der Waals surface area contributed by atoms with Gasteiger partial charge < -0.3 is 20.3 Å². The second-order valence-corrected chi connectivity index (χ2v) is 9.96. The summed E-state index contributed by atoms with van der Waals surface area (Å²) in [7, 11) is -3.34. The first-order chi connectivity index (χ1) is 14.0. The van der Waals surface area contributed by atoms with Gasteiger partial charge in [0.2, 0.25) is 10.0 Å². The summed E-state index contributed by atoms with van der Waals surface area (Å²) in [6, 6.07) is 0.392. The number of likely N-dealkylation sites (tertiary alicyclic amines) is 1. The van der Waals surface area contributed by atoms with Gasteiger partial charge in [-0.3, -0.25) is 4.99 Å². The molecule has 2 aliphatic rings. The molecule has 2 rings (SSSR count). The molecule has 1 unspecified atom stereocenters. The topological polar surface area (TPSA) is 95.1 Å². The Kier molecular flexibility index (Phi) is 14.5. The maximum Gasteiger partial charge on any atom is 0.213 e. The summed E-state index contributed by atoms with van der Waals surface area (Å²) in [6.45, 7) is 9.75. The number of nitrogens with zero attached hydrogens (tertiary/aromatic N) is 2. The Morgan fingerprint density at radius 2 is 1.93 bits per heavy atom. The van der Waals surface area contributed by atoms with E-state index in [0.29, 0.717) is 18.5 Å². The van der Waals surface area contributed by atoms with E-state index >= 15 is 0 Å². The van der Waals surface area contributed by atoms with Crippen LogP contribution in [-0.2, 0) is 14.8 Å². The van der Waals surface area contributed by atoms with Gasteiger partial charge in [0.05, 0.1) is 18.4 Å². The van der Waals surface area contributed by atoms with E-state index in [9.17, 15) is 8.42 Å². The maximum absolute atomic E-state index is 12.2. The van der Waals surface area contributed by atoms with Crippen LogP contribution in [0.5, 0.6) is 0 Å². The van der Waals surface area contributed by atoms with E-state index in [1.807, 2.05) is 6.92 Å². The van der Waals surface area contributed by atoms with E-state index in [1.54, 1.807) is 0 Å². The summed E-state index contributed by atoms with van der Waals surface area (Å²) in [5.41, 5.74) is 0. The number of halogens is 1. The van der Waals surface area contributed by atoms with Gasteiger partial charge in [-0.05, 0) is 52.0 Å². The van der Waals surface area contributed by atoms with Crippen LogP contribution in [0.3, 0.4) is 0 Å². The highest BCUT2D eigenvalue weighted by atomic mass is 127. The second kappa shape index (κ2) is 15.6. The molecule has 2 saturated heterocycles. The molecular weight excluding hydrogens is 517 g/mol. The van der Waals surface area contributed by atoms with Gasteiger partial charge in [0.1, 0.15) is 0 Å². The Balaban J connectivity index is 0.00000450. The Morgan fingerprint density at radius 1 is 1.17 bits per heavy atom. The van der Waals surface area contributed by atoms with Crippen molar-refractivity contribution in [1.29, 1.82) is 0 Å². The van der Waals surface area contributed by atoms with Crippen LogP contribution in [-0.4, -0.2) is 83.1 Å². The molecule has 0 bridgehead atoms. The SMILES string of the molecule is CCCCN1CCC(NC(=NCCS(=O)(=O)NCC2CCCCO2)NCC)CC1.I. The Hall–Kier alpha value is -0.170. The summed E-state index contributed by atoms with van der Waals surface area (Å²) in [5, 5.41) is 6.72. The quantitative estimate of drug-likeness (QED) is 0.204. The molecule has 0 radical (unpaired) electrons. The van der Waals surface area contributed by atoms with Gasteiger partial charge in [0.25, 0.3) is 0 Å². The third-order valence-corrected chi connectivity index (χ3v) is 6.86. The third-order valence-electron chi connectivity index (χ3n) is 5.54. The minimum absolute atomic E-state index is 0. The fourth-order valence-corrected chi connectivity index (χ4v) is 4.65. The molecule has 2 fully saturated rings. The highest BCUT2D eigenvalue weighted by molar-refractivity contribution is 14.0. The average molecular weight is 560 g/mol. The van der Waals surface area contributed by atoms with E-state index in [0.717, 1.165) is 58.3 Å². The lowest BCUT2D eigenvalue weighted by Crippen LogP contribution is -2.49. The number of unbranched alkanes of at least 4 members (excludes halogenated alkanes) is 1. The van der Waals surface area contributed by atoms with E-state index in [1.165, 1.54) is 19.4 Å². The van der Waals surface area contributed by atoms with Gasteiger partial charge in [-0.15, -0.1) is 24.0 Å². The number of aliphatic imine (C=N–C) groups is 1. The van der Waals surface area contributed by atoms with Gasteiger partial charge in [-0.2, -0.15) is 0 Å². The van der Waals surface area contributed by atoms with Crippen LogP contribution < -0.4 is 15.4 Å². The van der Waals surface area contributed by atoms with E-state index in [2.05, 4.69) is 32.2 Å². The normalized spacial score (nSPS) is 21.8. The zero-order chi connectivity index (χ0) is 21.0. The van der Waals surface area contributed by atoms with E-state index in [4.69, 9.17) is 4.74 Å². The highest BCUT2D eigenvalue weighted by Crippen LogP contribution is 2.12. The van der Waals surface area contributed by atoms with Crippen LogP contribution in [0.4, 0.5) is 0 Å². The van der Waals surface area contributed by atoms with Crippen molar-refractivity contribution >= 4 is 40.0 Å². The molecule has 2 aliphatic heterocycles. The molecule has 2 heterocycles. The molecular formula is C20H42IN5O3S.